The predicted molar refractivity (Wildman–Crippen MR) is 99.8 cm³/mol. The Kier molecular flexibility index (Phi) is 6.32. The van der Waals surface area contributed by atoms with Gasteiger partial charge in [-0.15, -0.1) is 0 Å². The molecule has 2 aliphatic heterocycles. The summed E-state index contributed by atoms with van der Waals surface area (Å²) in [6, 6.07) is 8.63. The van der Waals surface area contributed by atoms with Gasteiger partial charge in [0, 0.05) is 38.6 Å². The van der Waals surface area contributed by atoms with Crippen molar-refractivity contribution in [2.45, 2.75) is 32.2 Å². The number of amides is 1. The van der Waals surface area contributed by atoms with E-state index in [1.807, 2.05) is 12.1 Å². The zero-order chi connectivity index (χ0) is 17.6. The summed E-state index contributed by atoms with van der Waals surface area (Å²) in [5.74, 6) is 1.93. The maximum absolute atomic E-state index is 12.5. The fourth-order valence-electron chi connectivity index (χ4n) is 3.92. The lowest BCUT2D eigenvalue weighted by molar-refractivity contribution is -0.133. The summed E-state index contributed by atoms with van der Waals surface area (Å²) in [5.41, 5.74) is 1.27. The van der Waals surface area contributed by atoms with E-state index in [1.54, 1.807) is 7.11 Å². The number of nitrogens with zero attached hydrogens (tertiary/aromatic N) is 2. The Labute approximate surface area is 151 Å². The molecule has 2 atom stereocenters. The molecule has 5 heteroatoms. The van der Waals surface area contributed by atoms with Crippen molar-refractivity contribution in [1.82, 2.24) is 15.1 Å². The molecule has 3 rings (SSSR count). The SMILES string of the molecule is COc1cccc(C(C)N2CCN(C(=O)CCC3CCNC3)CC2)c1. The highest BCUT2D eigenvalue weighted by Crippen LogP contribution is 2.25. The van der Waals surface area contributed by atoms with E-state index in [0.717, 1.165) is 51.4 Å². The first kappa shape index (κ1) is 18.2. The van der Waals surface area contributed by atoms with E-state index in [9.17, 15) is 4.79 Å². The monoisotopic (exact) mass is 345 g/mol. The van der Waals surface area contributed by atoms with Crippen LogP contribution in [0.25, 0.3) is 0 Å². The molecule has 0 radical (unpaired) electrons. The average molecular weight is 345 g/mol. The van der Waals surface area contributed by atoms with Crippen LogP contribution >= 0.6 is 0 Å². The molecule has 1 amide bonds. The number of piperazine rings is 1. The number of ether oxygens (including phenoxy) is 1. The quantitative estimate of drug-likeness (QED) is 0.859. The molecule has 2 heterocycles. The molecule has 0 bridgehead atoms. The number of methoxy groups -OCH3 is 1. The highest BCUT2D eigenvalue weighted by Gasteiger charge is 2.25. The van der Waals surface area contributed by atoms with Gasteiger partial charge in [-0.3, -0.25) is 9.69 Å². The van der Waals surface area contributed by atoms with Crippen LogP contribution in [0, 0.1) is 5.92 Å². The number of hydrogen-bond donors (Lipinski definition) is 1. The van der Waals surface area contributed by atoms with Crippen LogP contribution in [-0.4, -0.2) is 62.1 Å². The molecule has 1 aromatic carbocycles. The third-order valence-electron chi connectivity index (χ3n) is 5.72. The minimum Gasteiger partial charge on any atom is -0.497 e. The van der Waals surface area contributed by atoms with Gasteiger partial charge in [0.05, 0.1) is 7.11 Å². The molecular formula is C20H31N3O2. The minimum atomic E-state index is 0.334. The summed E-state index contributed by atoms with van der Waals surface area (Å²) in [5, 5.41) is 3.38. The lowest BCUT2D eigenvalue weighted by atomic mass is 10.0. The second kappa shape index (κ2) is 8.68. The topological polar surface area (TPSA) is 44.8 Å². The molecule has 2 fully saturated rings. The maximum Gasteiger partial charge on any atom is 0.222 e. The van der Waals surface area contributed by atoms with Crippen LogP contribution in [0.4, 0.5) is 0 Å². The first-order chi connectivity index (χ1) is 12.2. The van der Waals surface area contributed by atoms with Gasteiger partial charge < -0.3 is 15.0 Å². The van der Waals surface area contributed by atoms with Crippen LogP contribution in [0.5, 0.6) is 5.75 Å². The van der Waals surface area contributed by atoms with Crippen LogP contribution in [0.3, 0.4) is 0 Å². The Hall–Kier alpha value is -1.59. The van der Waals surface area contributed by atoms with E-state index >= 15 is 0 Å². The van der Waals surface area contributed by atoms with E-state index < -0.39 is 0 Å². The summed E-state index contributed by atoms with van der Waals surface area (Å²) < 4.78 is 5.33. The third kappa shape index (κ3) is 4.73. The fourth-order valence-corrected chi connectivity index (χ4v) is 3.92. The molecule has 1 N–H and O–H groups in total. The fraction of sp³-hybridized carbons (Fsp3) is 0.650. The Morgan fingerprint density at radius 1 is 1.32 bits per heavy atom. The largest absolute Gasteiger partial charge is 0.497 e. The molecule has 0 aromatic heterocycles. The highest BCUT2D eigenvalue weighted by atomic mass is 16.5. The average Bonchev–Trinajstić information content (AvgIpc) is 3.19. The van der Waals surface area contributed by atoms with Gasteiger partial charge in [0.1, 0.15) is 5.75 Å². The molecule has 1 aromatic rings. The summed E-state index contributed by atoms with van der Waals surface area (Å²) >= 11 is 0. The number of benzene rings is 1. The normalized spacial score (nSPS) is 22.8. The number of carbonyl (C=O) groups excluding carboxylic acids is 1. The van der Waals surface area contributed by atoms with Gasteiger partial charge in [-0.05, 0) is 56.5 Å². The van der Waals surface area contributed by atoms with Gasteiger partial charge in [0.15, 0.2) is 0 Å². The van der Waals surface area contributed by atoms with Crippen molar-refractivity contribution in [3.8, 4) is 5.75 Å². The van der Waals surface area contributed by atoms with Crippen LogP contribution in [0.2, 0.25) is 0 Å². The molecule has 138 valence electrons. The first-order valence-corrected chi connectivity index (χ1v) is 9.54. The van der Waals surface area contributed by atoms with Gasteiger partial charge in [0.25, 0.3) is 0 Å². The van der Waals surface area contributed by atoms with Gasteiger partial charge in [0.2, 0.25) is 5.91 Å². The number of hydrogen-bond acceptors (Lipinski definition) is 4. The van der Waals surface area contributed by atoms with Crippen molar-refractivity contribution < 1.29 is 9.53 Å². The molecule has 5 nitrogen and oxygen atoms in total. The Bertz CT molecular complexity index is 564. The Balaban J connectivity index is 1.46. The van der Waals surface area contributed by atoms with Crippen LogP contribution < -0.4 is 10.1 Å². The van der Waals surface area contributed by atoms with Crippen molar-refractivity contribution in [3.05, 3.63) is 29.8 Å². The zero-order valence-corrected chi connectivity index (χ0v) is 15.5. The van der Waals surface area contributed by atoms with Crippen molar-refractivity contribution in [1.29, 1.82) is 0 Å². The van der Waals surface area contributed by atoms with Gasteiger partial charge in [-0.1, -0.05) is 12.1 Å². The molecule has 2 saturated heterocycles. The smallest absolute Gasteiger partial charge is 0.222 e. The lowest BCUT2D eigenvalue weighted by Crippen LogP contribution is -2.49. The molecule has 2 unspecified atom stereocenters. The van der Waals surface area contributed by atoms with E-state index in [0.29, 0.717) is 24.3 Å². The summed E-state index contributed by atoms with van der Waals surface area (Å²) in [6.07, 6.45) is 2.96. The van der Waals surface area contributed by atoms with E-state index in [-0.39, 0.29) is 0 Å². The van der Waals surface area contributed by atoms with E-state index in [1.165, 1.54) is 12.0 Å². The molecule has 0 saturated carbocycles. The predicted octanol–water partition coefficient (Wildman–Crippen LogP) is 2.29. The first-order valence-electron chi connectivity index (χ1n) is 9.54. The second-order valence-corrected chi connectivity index (χ2v) is 7.27. The molecule has 0 aliphatic carbocycles. The second-order valence-electron chi connectivity index (χ2n) is 7.27. The van der Waals surface area contributed by atoms with Crippen molar-refractivity contribution in [2.75, 3.05) is 46.4 Å². The Morgan fingerprint density at radius 2 is 2.12 bits per heavy atom. The maximum atomic E-state index is 12.5. The molecule has 0 spiro atoms. The highest BCUT2D eigenvalue weighted by molar-refractivity contribution is 5.76. The van der Waals surface area contributed by atoms with Gasteiger partial charge >= 0.3 is 0 Å². The summed E-state index contributed by atoms with van der Waals surface area (Å²) in [6.45, 7) is 7.99. The summed E-state index contributed by atoms with van der Waals surface area (Å²) in [7, 11) is 1.70. The standard InChI is InChI=1S/C20H31N3O2/c1-16(18-4-3-5-19(14-18)25-2)22-10-12-23(13-11-22)20(24)7-6-17-8-9-21-15-17/h3-5,14,16-17,21H,6-13,15H2,1-2H3. The summed E-state index contributed by atoms with van der Waals surface area (Å²) in [4.78, 5) is 17.0. The van der Waals surface area contributed by atoms with E-state index in [4.69, 9.17) is 4.74 Å². The van der Waals surface area contributed by atoms with Crippen LogP contribution in [-0.2, 0) is 4.79 Å². The molecule has 25 heavy (non-hydrogen) atoms. The molecular weight excluding hydrogens is 314 g/mol. The number of carbonyl (C=O) groups is 1. The zero-order valence-electron chi connectivity index (χ0n) is 15.5. The van der Waals surface area contributed by atoms with Crippen LogP contribution in [0.15, 0.2) is 24.3 Å². The van der Waals surface area contributed by atoms with Crippen molar-refractivity contribution >= 4 is 5.91 Å². The Morgan fingerprint density at radius 3 is 2.80 bits per heavy atom. The van der Waals surface area contributed by atoms with E-state index in [2.05, 4.69) is 34.2 Å². The van der Waals surface area contributed by atoms with Gasteiger partial charge in [-0.25, -0.2) is 0 Å². The van der Waals surface area contributed by atoms with Crippen molar-refractivity contribution in [3.63, 3.8) is 0 Å². The van der Waals surface area contributed by atoms with Gasteiger partial charge in [-0.2, -0.15) is 0 Å². The molecule has 2 aliphatic rings. The lowest BCUT2D eigenvalue weighted by Gasteiger charge is -2.38. The van der Waals surface area contributed by atoms with Crippen molar-refractivity contribution in [2.24, 2.45) is 5.92 Å². The van der Waals surface area contributed by atoms with Crippen LogP contribution in [0.1, 0.15) is 37.8 Å². The number of rotatable bonds is 6. The number of nitrogens with one attached hydrogen (secondary N) is 1. The third-order valence-corrected chi connectivity index (χ3v) is 5.72. The minimum absolute atomic E-state index is 0.334.